The van der Waals surface area contributed by atoms with Crippen molar-refractivity contribution in [2.45, 2.75) is 163 Å². The smallest absolute Gasteiger partial charge is 0.270 e. The van der Waals surface area contributed by atoms with Gasteiger partial charge in [-0.25, -0.2) is 5.48 Å². The molecule has 10 amide bonds. The number of aliphatic hydroxyl groups excluding tert-OH is 6. The highest BCUT2D eigenvalue weighted by Crippen LogP contribution is 2.50. The van der Waals surface area contributed by atoms with E-state index < -0.39 is 272 Å². The number of aliphatic hydroxyl groups is 6. The number of pyridine rings is 1. The number of hydroxylamine groups is 1. The summed E-state index contributed by atoms with van der Waals surface area (Å²) in [6.45, 7) is 4.65. The molecule has 2 saturated heterocycles. The molecule has 1 aromatic heterocycles. The van der Waals surface area contributed by atoms with Crippen LogP contribution >= 0.6 is 46.4 Å². The Hall–Kier alpha value is -11.9. The summed E-state index contributed by atoms with van der Waals surface area (Å²) in [5, 5.41) is 141. The Morgan fingerprint density at radius 2 is 1.36 bits per heavy atom. The van der Waals surface area contributed by atoms with Gasteiger partial charge in [0.1, 0.15) is 95.5 Å². The number of hydrogen-bond donors (Lipinski definition) is 21. The van der Waals surface area contributed by atoms with Crippen LogP contribution in [0.3, 0.4) is 0 Å². The molecule has 7 aromatic rings. The number of aromatic nitrogens is 1. The molecule has 0 aliphatic carbocycles. The molecule has 40 nitrogen and oxygen atoms in total. The molecule has 7 aliphatic rings. The zero-order valence-electron chi connectivity index (χ0n) is 67.1. The van der Waals surface area contributed by atoms with E-state index in [-0.39, 0.29) is 57.7 Å². The molecule has 0 spiro atoms. The highest BCUT2D eigenvalue weighted by molar-refractivity contribution is 6.35. The van der Waals surface area contributed by atoms with Crippen molar-refractivity contribution >= 4 is 111 Å². The van der Waals surface area contributed by atoms with Gasteiger partial charge >= 0.3 is 0 Å². The van der Waals surface area contributed by atoms with Crippen LogP contribution in [0.25, 0.3) is 11.1 Å². The number of carbonyl (C=O) groups is 10. The number of nitriles is 1. The number of nitrogens with zero attached hydrogens (tertiary/aromatic N) is 2. The average molecular weight is 1830 g/mol. The Balaban J connectivity index is 1.03. The number of likely N-dealkylation sites (N-methyl/N-ethyl adjacent to an activating group) is 1. The first-order valence-electron chi connectivity index (χ1n) is 38.8. The predicted octanol–water partition coefficient (Wildman–Crippen LogP) is 2.45. The number of phenols is 3. The molecule has 6 aromatic carbocycles. The van der Waals surface area contributed by atoms with Crippen LogP contribution < -0.4 is 78.6 Å². The lowest BCUT2D eigenvalue weighted by molar-refractivity contribution is -0.334. The predicted molar refractivity (Wildman–Crippen MR) is 441 cm³/mol. The van der Waals surface area contributed by atoms with Gasteiger partial charge in [-0.05, 0) is 145 Å². The van der Waals surface area contributed by atoms with Crippen LogP contribution in [-0.2, 0) is 68.7 Å². The highest BCUT2D eigenvalue weighted by Gasteiger charge is 2.52. The summed E-state index contributed by atoms with van der Waals surface area (Å²) < 4.78 is 39.5. The number of halogens is 4. The molecule has 18 atom stereocenters. The van der Waals surface area contributed by atoms with Gasteiger partial charge in [0.2, 0.25) is 53.4 Å². The number of benzene rings is 6. The molecule has 2 fully saturated rings. The largest absolute Gasteiger partial charge is 0.508 e. The third kappa shape index (κ3) is 21.3. The Bertz CT molecular complexity index is 5420. The third-order valence-electron chi connectivity index (χ3n) is 21.2. The maximum absolute atomic E-state index is 16.4. The molecule has 44 heteroatoms. The van der Waals surface area contributed by atoms with Crippen molar-refractivity contribution in [1.29, 1.82) is 5.26 Å². The molecule has 0 saturated carbocycles. The number of aromatic hydroxyl groups is 3. The lowest BCUT2D eigenvalue weighted by Gasteiger charge is -2.48. The van der Waals surface area contributed by atoms with E-state index in [2.05, 4.69) is 52.8 Å². The number of anilines is 1. The van der Waals surface area contributed by atoms with Crippen LogP contribution in [0.15, 0.2) is 116 Å². The van der Waals surface area contributed by atoms with E-state index in [1.54, 1.807) is 32.2 Å². The number of fused-ring (bicyclic) bond motifs is 15. The normalized spacial score (nSPS) is 25.7. The van der Waals surface area contributed by atoms with Gasteiger partial charge in [0, 0.05) is 57.5 Å². The first kappa shape index (κ1) is 93.3. The number of amides is 10. The van der Waals surface area contributed by atoms with Gasteiger partial charge in [-0.2, -0.15) is 5.26 Å². The standard InChI is InChI=1S/C82H86Cl4N14O26/c1-32(2)12-48(89-5)74(113)98-64-66(107)36-7-10-52(46(85)17-36)122-54-19-38-20-55(70(54)126-81-71(69(110)68(109)56(29-101)124-81)125-59-25-82(4,72(111)33(3)121-59)92-27-34-13-42(28-90-26-34)93-73(112)39-14-40(83)21-41(84)15-39)123-53-11-8-37(18-47(53)86)67(108)65-79(118)97-63(80(119)100-120-30-58(106)91-31-87)45-22-43(102)23-51(104)60(45)44-16-35(6-9-50(44)103)61(76(115)99-65)96-77(116)62(38)95-75(114)49(24-57(88)105)94-78(64)117/h6-11,13-23,26,28,32-33,48-49,56,59,61-69,71-72,81,89,92,101-104,107-111H,12,24-25,27,29-30H2,1-5H3,(H2,88,105)(H,91,106)(H,93,112)(H,94,117)(H,95,114)(H,96,116)(H,97,118)(H,98,113)(H,99,115)(H,100,119). The fraction of sp³-hybridized carbons (Fsp3) is 0.366. The number of phenolic OH excluding ortho intramolecular Hbond substituents is 3. The molecular formula is C82H86Cl4N14O26. The Labute approximate surface area is 735 Å². The molecule has 8 heterocycles. The fourth-order valence-electron chi connectivity index (χ4n) is 14.8. The van der Waals surface area contributed by atoms with Crippen molar-refractivity contribution in [3.8, 4) is 63.3 Å². The van der Waals surface area contributed by atoms with Gasteiger partial charge < -0.3 is 128 Å². The van der Waals surface area contributed by atoms with Crippen molar-refractivity contribution in [3.05, 3.63) is 175 Å². The minimum atomic E-state index is -2.42. The average Bonchev–Trinajstić information content (AvgIpc) is 0.765. The molecule has 22 N–H and O–H groups in total. The summed E-state index contributed by atoms with van der Waals surface area (Å²) in [6.07, 6.45) is -15.4. The van der Waals surface area contributed by atoms with Crippen molar-refractivity contribution in [2.24, 2.45) is 11.7 Å². The first-order valence-corrected chi connectivity index (χ1v) is 40.3. The van der Waals surface area contributed by atoms with Crippen LogP contribution in [0.2, 0.25) is 20.1 Å². The van der Waals surface area contributed by atoms with E-state index in [1.165, 1.54) is 62.9 Å². The van der Waals surface area contributed by atoms with Crippen LogP contribution in [0, 0.1) is 17.4 Å². The zero-order chi connectivity index (χ0) is 91.2. The molecule has 668 valence electrons. The third-order valence-corrected chi connectivity index (χ3v) is 22.2. The second-order valence-electron chi connectivity index (χ2n) is 30.8. The Kier molecular flexibility index (Phi) is 29.4. The molecule has 11 bridgehead atoms. The zero-order valence-corrected chi connectivity index (χ0v) is 70.1. The molecule has 0 radical (unpaired) electrons. The maximum atomic E-state index is 16.4. The summed E-state index contributed by atoms with van der Waals surface area (Å²) in [7, 11) is 1.46. The van der Waals surface area contributed by atoms with Crippen molar-refractivity contribution in [1.82, 2.24) is 58.3 Å². The number of rotatable bonds is 21. The van der Waals surface area contributed by atoms with E-state index in [4.69, 9.17) is 90.7 Å². The first-order chi connectivity index (χ1) is 59.8. The number of hydrogen-bond acceptors (Lipinski definition) is 30. The van der Waals surface area contributed by atoms with Crippen molar-refractivity contribution in [2.75, 3.05) is 25.6 Å². The topological polar surface area (TPSA) is 612 Å². The van der Waals surface area contributed by atoms with E-state index in [0.29, 0.717) is 5.56 Å². The van der Waals surface area contributed by atoms with Crippen LogP contribution in [0.5, 0.6) is 46.0 Å². The van der Waals surface area contributed by atoms with E-state index in [0.717, 1.165) is 66.7 Å². The number of ether oxygens (including phenoxy) is 6. The summed E-state index contributed by atoms with van der Waals surface area (Å²) in [5.41, 5.74) is 4.08. The van der Waals surface area contributed by atoms with E-state index >= 15 is 24.0 Å². The number of carbonyl (C=O) groups excluding carboxylic acids is 10. The summed E-state index contributed by atoms with van der Waals surface area (Å²) in [4.78, 5) is 155. The lowest BCUT2D eigenvalue weighted by Crippen LogP contribution is -2.65. The maximum Gasteiger partial charge on any atom is 0.270 e. The molecule has 18 unspecified atom stereocenters. The Morgan fingerprint density at radius 1 is 0.714 bits per heavy atom. The SMILES string of the molecule is CNC(CC(C)C)C(=O)NC1C(=O)NC(CC(N)=O)C(=O)NC2C(=O)NC3C(=O)NC(C(=O)NC(C(=O)NOCC(=O)NC#N)c4cc(O)cc(O)c4-c4cc3ccc4O)C(O)c3ccc(c(Cl)c3)Oc3cc2cc(c3OC2OC(CO)C(O)C(O)C2OC2CC(C)(NCc3cncc(NC(=O)c4cc(Cl)cc(Cl)c4)c3)C(O)C(C)O2)Oc2ccc(cc2Cl)C1O. The molecule has 14 rings (SSSR count). The lowest BCUT2D eigenvalue weighted by atomic mass is 9.84. The minimum absolute atomic E-state index is 0.0317. The summed E-state index contributed by atoms with van der Waals surface area (Å²) in [5.74, 6) is -18.0. The van der Waals surface area contributed by atoms with Gasteiger partial charge in [0.05, 0.1) is 53.2 Å². The minimum Gasteiger partial charge on any atom is -0.508 e. The van der Waals surface area contributed by atoms with Gasteiger partial charge in [-0.3, -0.25) is 63.1 Å². The Morgan fingerprint density at radius 3 is 1.99 bits per heavy atom. The van der Waals surface area contributed by atoms with Crippen LogP contribution in [-0.4, -0.2) is 209 Å². The van der Waals surface area contributed by atoms with Gasteiger partial charge in [0.25, 0.3) is 17.7 Å². The number of nitrogens with two attached hydrogens (primary N) is 1. The van der Waals surface area contributed by atoms with E-state index in [1.807, 2.05) is 5.48 Å². The van der Waals surface area contributed by atoms with E-state index in [9.17, 15) is 69.9 Å². The second kappa shape index (κ2) is 39.8. The van der Waals surface area contributed by atoms with Gasteiger partial charge in [-0.1, -0.05) is 78.5 Å². The van der Waals surface area contributed by atoms with Crippen LogP contribution in [0.1, 0.15) is 121 Å². The quantitative estimate of drug-likeness (QED) is 0.0279. The number of primary amides is 1. The highest BCUT2D eigenvalue weighted by atomic mass is 35.5. The summed E-state index contributed by atoms with van der Waals surface area (Å²) in [6, 6.07) is 4.54. The summed E-state index contributed by atoms with van der Waals surface area (Å²) >= 11 is 26.7. The fourth-order valence-corrected chi connectivity index (χ4v) is 15.8. The van der Waals surface area contributed by atoms with Crippen molar-refractivity contribution < 1.29 is 127 Å². The molecular weight excluding hydrogens is 1740 g/mol. The van der Waals surface area contributed by atoms with Crippen LogP contribution in [0.4, 0.5) is 5.69 Å². The molecule has 7 aliphatic heterocycles. The van der Waals surface area contributed by atoms with Gasteiger partial charge in [0.15, 0.2) is 36.7 Å². The molecule has 126 heavy (non-hydrogen) atoms. The van der Waals surface area contributed by atoms with Crippen molar-refractivity contribution in [3.63, 3.8) is 0 Å². The van der Waals surface area contributed by atoms with Gasteiger partial charge in [-0.15, -0.1) is 0 Å². The number of nitrogens with one attached hydrogen (secondary N) is 11. The monoisotopic (exact) mass is 1820 g/mol. The second-order valence-corrected chi connectivity index (χ2v) is 32.4.